The van der Waals surface area contributed by atoms with E-state index in [1.807, 2.05) is 6.07 Å². The first-order valence-electron chi connectivity index (χ1n) is 6.21. The van der Waals surface area contributed by atoms with Crippen molar-refractivity contribution < 1.29 is 14.6 Å². The van der Waals surface area contributed by atoms with Crippen molar-refractivity contribution in [3.05, 3.63) is 29.3 Å². The lowest BCUT2D eigenvalue weighted by atomic mass is 9.88. The number of methoxy groups -OCH3 is 1. The van der Waals surface area contributed by atoms with E-state index in [4.69, 9.17) is 9.84 Å². The van der Waals surface area contributed by atoms with Crippen molar-refractivity contribution in [2.24, 2.45) is 0 Å². The molecule has 0 radical (unpaired) electrons. The number of nitrogens with zero attached hydrogens (tertiary/aromatic N) is 1. The van der Waals surface area contributed by atoms with E-state index in [0.717, 1.165) is 31.5 Å². The molecule has 4 heteroatoms. The monoisotopic (exact) mass is 249 g/mol. The molecule has 1 saturated heterocycles. The molecule has 0 bridgehead atoms. The summed E-state index contributed by atoms with van der Waals surface area (Å²) >= 11 is 0. The first kappa shape index (κ1) is 12.9. The van der Waals surface area contributed by atoms with Gasteiger partial charge in [0.25, 0.3) is 0 Å². The van der Waals surface area contributed by atoms with Gasteiger partial charge in [-0.15, -0.1) is 0 Å². The Hall–Kier alpha value is -1.55. The SMILES string of the molecule is COc1cc(C(=O)O)cc(C2CCN(C)CC2)c1. The molecular formula is C14H19NO3. The predicted octanol–water partition coefficient (Wildman–Crippen LogP) is 2.20. The third kappa shape index (κ3) is 2.82. The smallest absolute Gasteiger partial charge is 0.335 e. The van der Waals surface area contributed by atoms with Gasteiger partial charge in [0.2, 0.25) is 0 Å². The average molecular weight is 249 g/mol. The predicted molar refractivity (Wildman–Crippen MR) is 69.4 cm³/mol. The minimum absolute atomic E-state index is 0.309. The summed E-state index contributed by atoms with van der Waals surface area (Å²) in [5.41, 5.74) is 1.39. The van der Waals surface area contributed by atoms with Crippen LogP contribution in [0, 0.1) is 0 Å². The Bertz CT molecular complexity index is 437. The number of hydrogen-bond acceptors (Lipinski definition) is 3. The number of ether oxygens (including phenoxy) is 1. The van der Waals surface area contributed by atoms with Gasteiger partial charge in [-0.05, 0) is 62.7 Å². The van der Waals surface area contributed by atoms with Crippen LogP contribution in [0.2, 0.25) is 0 Å². The van der Waals surface area contributed by atoms with Crippen molar-refractivity contribution in [2.75, 3.05) is 27.2 Å². The van der Waals surface area contributed by atoms with Crippen molar-refractivity contribution >= 4 is 5.97 Å². The van der Waals surface area contributed by atoms with E-state index in [9.17, 15) is 4.79 Å². The minimum Gasteiger partial charge on any atom is -0.497 e. The lowest BCUT2D eigenvalue weighted by molar-refractivity contribution is 0.0696. The van der Waals surface area contributed by atoms with Gasteiger partial charge in [0.05, 0.1) is 12.7 Å². The standard InChI is InChI=1S/C14H19NO3/c1-15-5-3-10(4-6-15)11-7-12(14(16)17)9-13(8-11)18-2/h7-10H,3-6H2,1-2H3,(H,16,17). The molecule has 2 rings (SSSR count). The van der Waals surface area contributed by atoms with Crippen LogP contribution >= 0.6 is 0 Å². The maximum atomic E-state index is 11.1. The average Bonchev–Trinajstić information content (AvgIpc) is 2.39. The van der Waals surface area contributed by atoms with E-state index in [1.165, 1.54) is 0 Å². The molecule has 0 amide bonds. The lowest BCUT2D eigenvalue weighted by Crippen LogP contribution is -2.29. The molecule has 0 aromatic heterocycles. The molecule has 1 aromatic carbocycles. The third-order valence-corrected chi connectivity index (χ3v) is 3.60. The molecule has 0 aliphatic carbocycles. The molecule has 1 N–H and O–H groups in total. The fourth-order valence-corrected chi connectivity index (χ4v) is 2.44. The molecule has 18 heavy (non-hydrogen) atoms. The number of hydrogen-bond donors (Lipinski definition) is 1. The van der Waals surface area contributed by atoms with Crippen molar-refractivity contribution in [2.45, 2.75) is 18.8 Å². The number of benzene rings is 1. The first-order valence-corrected chi connectivity index (χ1v) is 6.21. The molecular weight excluding hydrogens is 230 g/mol. The first-order chi connectivity index (χ1) is 8.60. The number of rotatable bonds is 3. The highest BCUT2D eigenvalue weighted by Crippen LogP contribution is 2.30. The second kappa shape index (κ2) is 5.40. The molecule has 4 nitrogen and oxygen atoms in total. The molecule has 0 atom stereocenters. The molecule has 1 aromatic rings. The van der Waals surface area contributed by atoms with Gasteiger partial charge in [-0.1, -0.05) is 0 Å². The van der Waals surface area contributed by atoms with Gasteiger partial charge in [-0.2, -0.15) is 0 Å². The highest BCUT2D eigenvalue weighted by molar-refractivity contribution is 5.88. The number of carbonyl (C=O) groups is 1. The van der Waals surface area contributed by atoms with Gasteiger partial charge in [0.1, 0.15) is 5.75 Å². The highest BCUT2D eigenvalue weighted by Gasteiger charge is 2.20. The minimum atomic E-state index is -0.900. The summed E-state index contributed by atoms with van der Waals surface area (Å²) in [6, 6.07) is 5.31. The third-order valence-electron chi connectivity index (χ3n) is 3.60. The quantitative estimate of drug-likeness (QED) is 0.892. The Balaban J connectivity index is 2.26. The number of likely N-dealkylation sites (tertiary alicyclic amines) is 1. The summed E-state index contributed by atoms with van der Waals surface area (Å²) in [5, 5.41) is 9.11. The highest BCUT2D eigenvalue weighted by atomic mass is 16.5. The molecule has 0 spiro atoms. The van der Waals surface area contributed by atoms with E-state index in [-0.39, 0.29) is 0 Å². The largest absolute Gasteiger partial charge is 0.497 e. The Morgan fingerprint density at radius 1 is 1.33 bits per heavy atom. The number of carboxylic acid groups (broad SMARTS) is 1. The fraction of sp³-hybridized carbons (Fsp3) is 0.500. The second-order valence-electron chi connectivity index (χ2n) is 4.88. The van der Waals surface area contributed by atoms with Gasteiger partial charge in [0.15, 0.2) is 0 Å². The van der Waals surface area contributed by atoms with Crippen LogP contribution in [-0.2, 0) is 0 Å². The summed E-state index contributed by atoms with van der Waals surface area (Å²) < 4.78 is 5.18. The van der Waals surface area contributed by atoms with Crippen LogP contribution in [0.25, 0.3) is 0 Å². The van der Waals surface area contributed by atoms with Crippen molar-refractivity contribution in [1.82, 2.24) is 4.90 Å². The zero-order chi connectivity index (χ0) is 13.1. The van der Waals surface area contributed by atoms with Crippen LogP contribution in [0.1, 0.15) is 34.7 Å². The van der Waals surface area contributed by atoms with Crippen molar-refractivity contribution in [3.63, 3.8) is 0 Å². The van der Waals surface area contributed by atoms with E-state index in [1.54, 1.807) is 19.2 Å². The van der Waals surface area contributed by atoms with Gasteiger partial charge in [-0.3, -0.25) is 0 Å². The van der Waals surface area contributed by atoms with Gasteiger partial charge in [0, 0.05) is 0 Å². The van der Waals surface area contributed by atoms with E-state index in [2.05, 4.69) is 11.9 Å². The van der Waals surface area contributed by atoms with E-state index in [0.29, 0.717) is 17.2 Å². The van der Waals surface area contributed by atoms with Crippen molar-refractivity contribution in [1.29, 1.82) is 0 Å². The summed E-state index contributed by atoms with van der Waals surface area (Å²) in [4.78, 5) is 13.4. The molecule has 0 unspecified atom stereocenters. The molecule has 1 aliphatic rings. The number of carboxylic acids is 1. The Kier molecular flexibility index (Phi) is 3.87. The van der Waals surface area contributed by atoms with Crippen molar-refractivity contribution in [3.8, 4) is 5.75 Å². The Labute approximate surface area is 107 Å². The molecule has 1 fully saturated rings. The molecule has 0 saturated carbocycles. The van der Waals surface area contributed by atoms with Crippen LogP contribution in [-0.4, -0.2) is 43.2 Å². The summed E-state index contributed by atoms with van der Waals surface area (Å²) in [5.74, 6) is 0.168. The van der Waals surface area contributed by atoms with Gasteiger partial charge >= 0.3 is 5.97 Å². The summed E-state index contributed by atoms with van der Waals surface area (Å²) in [6.07, 6.45) is 2.14. The molecule has 1 aliphatic heterocycles. The number of piperidine rings is 1. The Morgan fingerprint density at radius 2 is 2.00 bits per heavy atom. The zero-order valence-electron chi connectivity index (χ0n) is 10.8. The van der Waals surface area contributed by atoms with Crippen LogP contribution in [0.15, 0.2) is 18.2 Å². The Morgan fingerprint density at radius 3 is 2.56 bits per heavy atom. The van der Waals surface area contributed by atoms with E-state index < -0.39 is 5.97 Å². The normalized spacial score (nSPS) is 17.7. The van der Waals surface area contributed by atoms with Gasteiger partial charge in [-0.25, -0.2) is 4.79 Å². The van der Waals surface area contributed by atoms with E-state index >= 15 is 0 Å². The topological polar surface area (TPSA) is 49.8 Å². The fourth-order valence-electron chi connectivity index (χ4n) is 2.44. The molecule has 98 valence electrons. The summed E-state index contributed by atoms with van der Waals surface area (Å²) in [7, 11) is 3.68. The van der Waals surface area contributed by atoms with Crippen LogP contribution in [0.4, 0.5) is 0 Å². The molecule has 1 heterocycles. The lowest BCUT2D eigenvalue weighted by Gasteiger charge is -2.29. The van der Waals surface area contributed by atoms with Crippen LogP contribution in [0.3, 0.4) is 0 Å². The maximum absolute atomic E-state index is 11.1. The maximum Gasteiger partial charge on any atom is 0.335 e. The van der Waals surface area contributed by atoms with Crippen LogP contribution in [0.5, 0.6) is 5.75 Å². The summed E-state index contributed by atoms with van der Waals surface area (Å²) in [6.45, 7) is 2.12. The van der Waals surface area contributed by atoms with Crippen LogP contribution < -0.4 is 4.74 Å². The number of aromatic carboxylic acids is 1. The van der Waals surface area contributed by atoms with Gasteiger partial charge < -0.3 is 14.7 Å². The second-order valence-corrected chi connectivity index (χ2v) is 4.88. The zero-order valence-corrected chi connectivity index (χ0v) is 10.8.